The van der Waals surface area contributed by atoms with Crippen molar-refractivity contribution < 1.29 is 4.74 Å². The van der Waals surface area contributed by atoms with Crippen LogP contribution in [0.2, 0.25) is 0 Å². The van der Waals surface area contributed by atoms with E-state index in [2.05, 4.69) is 36.2 Å². The molecule has 0 aliphatic heterocycles. The Morgan fingerprint density at radius 2 is 1.96 bits per heavy atom. The maximum Gasteiger partial charge on any atom is 0.122 e. The third-order valence-electron chi connectivity index (χ3n) is 4.13. The molecule has 0 bridgehead atoms. The van der Waals surface area contributed by atoms with E-state index >= 15 is 0 Å². The summed E-state index contributed by atoms with van der Waals surface area (Å²) in [6, 6.07) is 12.4. The molecule has 0 saturated heterocycles. The number of para-hydroxylation sites is 1. The molecule has 1 aromatic carbocycles. The summed E-state index contributed by atoms with van der Waals surface area (Å²) < 4.78 is 6.01. The number of hydrogen-bond donors (Lipinski definition) is 1. The molecule has 1 atom stereocenters. The Bertz CT molecular complexity index is 557. The van der Waals surface area contributed by atoms with E-state index in [1.807, 2.05) is 18.3 Å². The molecule has 124 valence electrons. The van der Waals surface area contributed by atoms with Gasteiger partial charge in [0.1, 0.15) is 5.75 Å². The van der Waals surface area contributed by atoms with Crippen molar-refractivity contribution in [3.05, 3.63) is 59.9 Å². The second kappa shape index (κ2) is 10.0. The number of nitrogens with two attached hydrogens (primary N) is 1. The summed E-state index contributed by atoms with van der Waals surface area (Å²) in [7, 11) is 0. The van der Waals surface area contributed by atoms with E-state index in [-0.39, 0.29) is 5.92 Å². The van der Waals surface area contributed by atoms with Crippen molar-refractivity contribution in [2.24, 2.45) is 5.73 Å². The predicted octanol–water partition coefficient (Wildman–Crippen LogP) is 4.33. The normalized spacial score (nSPS) is 12.1. The Morgan fingerprint density at radius 1 is 1.09 bits per heavy atom. The van der Waals surface area contributed by atoms with Gasteiger partial charge >= 0.3 is 0 Å². The molecule has 1 heterocycles. The summed E-state index contributed by atoms with van der Waals surface area (Å²) >= 11 is 0. The first-order valence-electron chi connectivity index (χ1n) is 8.65. The molecular formula is C20H28N2O. The van der Waals surface area contributed by atoms with E-state index in [4.69, 9.17) is 10.5 Å². The Kier molecular flexibility index (Phi) is 7.61. The van der Waals surface area contributed by atoms with E-state index in [1.165, 1.54) is 30.4 Å². The molecule has 0 spiro atoms. The number of unbranched alkanes of at least 4 members (excludes halogenated alkanes) is 3. The van der Waals surface area contributed by atoms with Gasteiger partial charge in [-0.1, -0.05) is 50.5 Å². The van der Waals surface area contributed by atoms with Gasteiger partial charge < -0.3 is 10.5 Å². The molecule has 2 rings (SSSR count). The van der Waals surface area contributed by atoms with Crippen molar-refractivity contribution in [3.8, 4) is 5.75 Å². The fourth-order valence-corrected chi connectivity index (χ4v) is 2.74. The maximum atomic E-state index is 6.01. The number of rotatable bonds is 10. The average molecular weight is 312 g/mol. The van der Waals surface area contributed by atoms with Crippen LogP contribution in [0.15, 0.2) is 48.8 Å². The molecule has 0 aliphatic rings. The molecule has 0 fully saturated rings. The van der Waals surface area contributed by atoms with Crippen molar-refractivity contribution >= 4 is 0 Å². The maximum absolute atomic E-state index is 6.01. The van der Waals surface area contributed by atoms with E-state index in [0.29, 0.717) is 6.54 Å². The van der Waals surface area contributed by atoms with Crippen LogP contribution in [-0.2, 0) is 6.42 Å². The first-order valence-corrected chi connectivity index (χ1v) is 8.65. The zero-order valence-corrected chi connectivity index (χ0v) is 14.1. The number of aromatic nitrogens is 1. The minimum atomic E-state index is 0.272. The van der Waals surface area contributed by atoms with Gasteiger partial charge in [-0.2, -0.15) is 0 Å². The SMILES string of the molecule is CCCCCCOc1ccccc1CC(CN)c1cccnc1. The van der Waals surface area contributed by atoms with Crippen molar-refractivity contribution in [1.29, 1.82) is 0 Å². The minimum absolute atomic E-state index is 0.272. The standard InChI is InChI=1S/C20H28N2O/c1-2-3-4-7-13-23-20-11-6-5-9-17(20)14-19(15-21)18-10-8-12-22-16-18/h5-6,8-12,16,19H,2-4,7,13-15,21H2,1H3. The molecule has 2 aromatic rings. The first-order chi connectivity index (χ1) is 11.3. The minimum Gasteiger partial charge on any atom is -0.493 e. The molecule has 1 aromatic heterocycles. The van der Waals surface area contributed by atoms with Crippen LogP contribution in [0.4, 0.5) is 0 Å². The largest absolute Gasteiger partial charge is 0.493 e. The Balaban J connectivity index is 1.98. The lowest BCUT2D eigenvalue weighted by molar-refractivity contribution is 0.301. The van der Waals surface area contributed by atoms with E-state index in [1.54, 1.807) is 6.20 Å². The van der Waals surface area contributed by atoms with Gasteiger partial charge in [-0.25, -0.2) is 0 Å². The lowest BCUT2D eigenvalue weighted by Crippen LogP contribution is -2.15. The fourth-order valence-electron chi connectivity index (χ4n) is 2.74. The van der Waals surface area contributed by atoms with Crippen LogP contribution < -0.4 is 10.5 Å². The molecule has 0 amide bonds. The smallest absolute Gasteiger partial charge is 0.122 e. The summed E-state index contributed by atoms with van der Waals surface area (Å²) in [5, 5.41) is 0. The quantitative estimate of drug-likeness (QED) is 0.664. The van der Waals surface area contributed by atoms with Crippen molar-refractivity contribution in [3.63, 3.8) is 0 Å². The number of ether oxygens (including phenoxy) is 1. The topological polar surface area (TPSA) is 48.1 Å². The van der Waals surface area contributed by atoms with Gasteiger partial charge in [0, 0.05) is 18.3 Å². The molecule has 23 heavy (non-hydrogen) atoms. The van der Waals surface area contributed by atoms with E-state index in [0.717, 1.165) is 25.2 Å². The lowest BCUT2D eigenvalue weighted by atomic mass is 9.93. The van der Waals surface area contributed by atoms with Crippen LogP contribution >= 0.6 is 0 Å². The third-order valence-corrected chi connectivity index (χ3v) is 4.13. The highest BCUT2D eigenvalue weighted by atomic mass is 16.5. The number of pyridine rings is 1. The zero-order chi connectivity index (χ0) is 16.3. The lowest BCUT2D eigenvalue weighted by Gasteiger charge is -2.17. The molecule has 0 radical (unpaired) electrons. The van der Waals surface area contributed by atoms with Gasteiger partial charge in [-0.3, -0.25) is 4.98 Å². The van der Waals surface area contributed by atoms with Crippen LogP contribution in [0.25, 0.3) is 0 Å². The third kappa shape index (κ3) is 5.68. The molecule has 2 N–H and O–H groups in total. The summed E-state index contributed by atoms with van der Waals surface area (Å²) in [5.41, 5.74) is 8.40. The van der Waals surface area contributed by atoms with Gasteiger partial charge in [0.05, 0.1) is 6.61 Å². The molecule has 0 aliphatic carbocycles. The van der Waals surface area contributed by atoms with Crippen molar-refractivity contribution in [2.75, 3.05) is 13.2 Å². The van der Waals surface area contributed by atoms with Gasteiger partial charge in [0.15, 0.2) is 0 Å². The van der Waals surface area contributed by atoms with E-state index in [9.17, 15) is 0 Å². The molecular weight excluding hydrogens is 284 g/mol. The molecule has 3 nitrogen and oxygen atoms in total. The molecule has 3 heteroatoms. The number of benzene rings is 1. The first kappa shape index (κ1) is 17.5. The fraction of sp³-hybridized carbons (Fsp3) is 0.450. The van der Waals surface area contributed by atoms with Crippen LogP contribution in [0.5, 0.6) is 5.75 Å². The van der Waals surface area contributed by atoms with Crippen LogP contribution in [0, 0.1) is 0 Å². The summed E-state index contributed by atoms with van der Waals surface area (Å²) in [5.74, 6) is 1.26. The van der Waals surface area contributed by atoms with E-state index < -0.39 is 0 Å². The van der Waals surface area contributed by atoms with Crippen LogP contribution in [0.3, 0.4) is 0 Å². The Morgan fingerprint density at radius 3 is 2.70 bits per heavy atom. The predicted molar refractivity (Wildman–Crippen MR) is 95.8 cm³/mol. The number of hydrogen-bond acceptors (Lipinski definition) is 3. The monoisotopic (exact) mass is 312 g/mol. The highest BCUT2D eigenvalue weighted by Gasteiger charge is 2.13. The molecule has 0 saturated carbocycles. The van der Waals surface area contributed by atoms with Gasteiger partial charge in [-0.05, 0) is 42.6 Å². The zero-order valence-electron chi connectivity index (χ0n) is 14.1. The highest BCUT2D eigenvalue weighted by molar-refractivity contribution is 5.35. The van der Waals surface area contributed by atoms with Crippen LogP contribution in [0.1, 0.15) is 49.7 Å². The van der Waals surface area contributed by atoms with Gasteiger partial charge in [0.25, 0.3) is 0 Å². The van der Waals surface area contributed by atoms with Crippen molar-refractivity contribution in [1.82, 2.24) is 4.98 Å². The highest BCUT2D eigenvalue weighted by Crippen LogP contribution is 2.26. The van der Waals surface area contributed by atoms with Gasteiger partial charge in [-0.15, -0.1) is 0 Å². The Hall–Kier alpha value is -1.87. The Labute approximate surface area is 139 Å². The second-order valence-electron chi connectivity index (χ2n) is 5.94. The van der Waals surface area contributed by atoms with Crippen LogP contribution in [-0.4, -0.2) is 18.1 Å². The summed E-state index contributed by atoms with van der Waals surface area (Å²) in [6.45, 7) is 3.62. The summed E-state index contributed by atoms with van der Waals surface area (Å²) in [4.78, 5) is 4.21. The van der Waals surface area contributed by atoms with Crippen molar-refractivity contribution in [2.45, 2.75) is 44.9 Å². The number of nitrogens with zero attached hydrogens (tertiary/aromatic N) is 1. The summed E-state index contributed by atoms with van der Waals surface area (Å²) in [6.07, 6.45) is 9.47. The van der Waals surface area contributed by atoms with Gasteiger partial charge in [0.2, 0.25) is 0 Å². The molecule has 1 unspecified atom stereocenters. The second-order valence-corrected chi connectivity index (χ2v) is 5.94. The average Bonchev–Trinajstić information content (AvgIpc) is 2.61.